The zero-order chi connectivity index (χ0) is 26.0. The van der Waals surface area contributed by atoms with E-state index in [4.69, 9.17) is 20.5 Å². The van der Waals surface area contributed by atoms with Gasteiger partial charge in [-0.2, -0.15) is 8.42 Å². The van der Waals surface area contributed by atoms with E-state index in [0.29, 0.717) is 10.6 Å². The smallest absolute Gasteiger partial charge is 0.339 e. The molecule has 11 heteroatoms. The fraction of sp³-hybridized carbons (Fsp3) is 0.0800. The maximum Gasteiger partial charge on any atom is 0.339 e. The Morgan fingerprint density at radius 3 is 2.22 bits per heavy atom. The summed E-state index contributed by atoms with van der Waals surface area (Å²) in [5.41, 5.74) is 1.13. The standard InChI is InChI=1S/C25H19ClN2O7S/c1-15-3-10-19(11-4-15)36(32,33)35-21-12-5-16(14-22(21)34-2)13-20-23(29)27-25(31)28(24(20)30)18-8-6-17(26)7-9-18/h3-14H,1-2H3,(H,27,29,31)/b20-13+. The highest BCUT2D eigenvalue weighted by molar-refractivity contribution is 7.87. The maximum atomic E-state index is 13.0. The van der Waals surface area contributed by atoms with E-state index in [1.807, 2.05) is 6.92 Å². The number of benzene rings is 3. The Morgan fingerprint density at radius 1 is 0.917 bits per heavy atom. The molecule has 3 aromatic carbocycles. The number of rotatable bonds is 6. The van der Waals surface area contributed by atoms with Crippen LogP contribution in [0, 0.1) is 6.92 Å². The molecule has 0 unspecified atom stereocenters. The van der Waals surface area contributed by atoms with Crippen LogP contribution in [0.15, 0.2) is 77.2 Å². The lowest BCUT2D eigenvalue weighted by atomic mass is 10.1. The third kappa shape index (κ3) is 5.09. The van der Waals surface area contributed by atoms with Crippen LogP contribution in [0.1, 0.15) is 11.1 Å². The molecule has 9 nitrogen and oxygen atoms in total. The van der Waals surface area contributed by atoms with Crippen molar-refractivity contribution in [2.75, 3.05) is 12.0 Å². The van der Waals surface area contributed by atoms with E-state index in [0.717, 1.165) is 10.5 Å². The van der Waals surface area contributed by atoms with Crippen LogP contribution >= 0.6 is 11.6 Å². The zero-order valence-corrected chi connectivity index (χ0v) is 20.6. The van der Waals surface area contributed by atoms with Crippen LogP contribution in [-0.4, -0.2) is 33.4 Å². The van der Waals surface area contributed by atoms with Crippen molar-refractivity contribution in [2.24, 2.45) is 0 Å². The highest BCUT2D eigenvalue weighted by Crippen LogP contribution is 2.32. The van der Waals surface area contributed by atoms with E-state index in [1.165, 1.54) is 67.8 Å². The minimum Gasteiger partial charge on any atom is -0.493 e. The molecule has 184 valence electrons. The molecule has 1 aliphatic heterocycles. The molecule has 4 amide bonds. The average Bonchev–Trinajstić information content (AvgIpc) is 2.83. The van der Waals surface area contributed by atoms with Gasteiger partial charge in [0.15, 0.2) is 11.5 Å². The molecule has 0 aromatic heterocycles. The average molecular weight is 527 g/mol. The first-order valence-electron chi connectivity index (χ1n) is 10.5. The summed E-state index contributed by atoms with van der Waals surface area (Å²) >= 11 is 5.88. The summed E-state index contributed by atoms with van der Waals surface area (Å²) in [4.78, 5) is 38.6. The highest BCUT2D eigenvalue weighted by Gasteiger charge is 2.36. The van der Waals surface area contributed by atoms with Crippen molar-refractivity contribution in [2.45, 2.75) is 11.8 Å². The van der Waals surface area contributed by atoms with Gasteiger partial charge >= 0.3 is 16.1 Å². The molecule has 1 aliphatic rings. The first kappa shape index (κ1) is 25.0. The number of ether oxygens (including phenoxy) is 1. The quantitative estimate of drug-likeness (QED) is 0.292. The number of carbonyl (C=O) groups excluding carboxylic acids is 3. The van der Waals surface area contributed by atoms with Gasteiger partial charge in [-0.05, 0) is 67.1 Å². The lowest BCUT2D eigenvalue weighted by molar-refractivity contribution is -0.122. The van der Waals surface area contributed by atoms with Crippen LogP contribution in [0.3, 0.4) is 0 Å². The molecular formula is C25H19ClN2O7S. The maximum absolute atomic E-state index is 13.0. The predicted molar refractivity (Wildman–Crippen MR) is 132 cm³/mol. The number of methoxy groups -OCH3 is 1. The number of nitrogens with zero attached hydrogens (tertiary/aromatic N) is 1. The largest absolute Gasteiger partial charge is 0.493 e. The summed E-state index contributed by atoms with van der Waals surface area (Å²) in [5, 5.41) is 2.54. The van der Waals surface area contributed by atoms with Gasteiger partial charge in [0, 0.05) is 5.02 Å². The number of halogens is 1. The number of imide groups is 2. The van der Waals surface area contributed by atoms with Crippen molar-refractivity contribution in [1.82, 2.24) is 5.32 Å². The first-order valence-corrected chi connectivity index (χ1v) is 12.2. The molecular weight excluding hydrogens is 508 g/mol. The van der Waals surface area contributed by atoms with Gasteiger partial charge in [0.1, 0.15) is 10.5 Å². The van der Waals surface area contributed by atoms with Crippen molar-refractivity contribution < 1.29 is 31.7 Å². The Labute approximate surface area is 212 Å². The molecule has 1 saturated heterocycles. The second-order valence-corrected chi connectivity index (χ2v) is 9.68. The monoisotopic (exact) mass is 526 g/mol. The second kappa shape index (κ2) is 9.84. The van der Waals surface area contributed by atoms with Crippen molar-refractivity contribution in [3.63, 3.8) is 0 Å². The van der Waals surface area contributed by atoms with E-state index >= 15 is 0 Å². The van der Waals surface area contributed by atoms with Crippen LogP contribution in [0.4, 0.5) is 10.5 Å². The molecule has 0 aliphatic carbocycles. The second-order valence-electron chi connectivity index (χ2n) is 7.70. The first-order chi connectivity index (χ1) is 17.1. The predicted octanol–water partition coefficient (Wildman–Crippen LogP) is 4.09. The van der Waals surface area contributed by atoms with Crippen molar-refractivity contribution in [3.05, 3.63) is 88.5 Å². The van der Waals surface area contributed by atoms with E-state index in [9.17, 15) is 22.8 Å². The number of urea groups is 1. The Morgan fingerprint density at radius 2 is 1.58 bits per heavy atom. The molecule has 1 N–H and O–H groups in total. The number of hydrogen-bond donors (Lipinski definition) is 1. The van der Waals surface area contributed by atoms with Crippen LogP contribution in [-0.2, 0) is 19.7 Å². The Kier molecular flexibility index (Phi) is 6.82. The summed E-state index contributed by atoms with van der Waals surface area (Å²) in [5.74, 6) is -1.75. The third-order valence-electron chi connectivity index (χ3n) is 5.19. The van der Waals surface area contributed by atoms with Gasteiger partial charge in [0.25, 0.3) is 11.8 Å². The fourth-order valence-corrected chi connectivity index (χ4v) is 4.43. The van der Waals surface area contributed by atoms with Crippen LogP contribution < -0.4 is 19.1 Å². The number of carbonyl (C=O) groups is 3. The number of anilines is 1. The van der Waals surface area contributed by atoms with Gasteiger partial charge < -0.3 is 8.92 Å². The van der Waals surface area contributed by atoms with Gasteiger partial charge in [0.05, 0.1) is 12.8 Å². The summed E-state index contributed by atoms with van der Waals surface area (Å²) < 4.78 is 35.8. The minimum atomic E-state index is -4.13. The molecule has 0 spiro atoms. The van der Waals surface area contributed by atoms with E-state index < -0.39 is 28.0 Å². The topological polar surface area (TPSA) is 119 Å². The van der Waals surface area contributed by atoms with Crippen molar-refractivity contribution in [1.29, 1.82) is 0 Å². The number of amides is 4. The van der Waals surface area contributed by atoms with Gasteiger partial charge in [-0.25, -0.2) is 9.69 Å². The molecule has 1 heterocycles. The summed E-state index contributed by atoms with van der Waals surface area (Å²) in [6.07, 6.45) is 1.26. The van der Waals surface area contributed by atoms with Crippen LogP contribution in [0.2, 0.25) is 5.02 Å². The number of barbiturate groups is 1. The lowest BCUT2D eigenvalue weighted by Gasteiger charge is -2.26. The van der Waals surface area contributed by atoms with Crippen LogP contribution in [0.5, 0.6) is 11.5 Å². The normalized spacial score (nSPS) is 15.1. The van der Waals surface area contributed by atoms with Gasteiger partial charge in [0.2, 0.25) is 0 Å². The van der Waals surface area contributed by atoms with E-state index in [-0.39, 0.29) is 27.7 Å². The molecule has 4 rings (SSSR count). The van der Waals surface area contributed by atoms with E-state index in [2.05, 4.69) is 5.32 Å². The molecule has 0 saturated carbocycles. The summed E-state index contributed by atoms with van der Waals surface area (Å²) in [6.45, 7) is 1.83. The molecule has 1 fully saturated rings. The molecule has 0 atom stereocenters. The zero-order valence-electron chi connectivity index (χ0n) is 19.0. The SMILES string of the molecule is COc1cc(/C=C2\C(=O)NC(=O)N(c3ccc(Cl)cc3)C2=O)ccc1OS(=O)(=O)c1ccc(C)cc1. The lowest BCUT2D eigenvalue weighted by Crippen LogP contribution is -2.54. The number of hydrogen-bond acceptors (Lipinski definition) is 7. The van der Waals surface area contributed by atoms with E-state index in [1.54, 1.807) is 12.1 Å². The highest BCUT2D eigenvalue weighted by atomic mass is 35.5. The number of aryl methyl sites for hydroxylation is 1. The fourth-order valence-electron chi connectivity index (χ4n) is 3.36. The summed E-state index contributed by atoms with van der Waals surface area (Å²) in [6, 6.07) is 15.4. The van der Waals surface area contributed by atoms with Gasteiger partial charge in [-0.1, -0.05) is 35.4 Å². The Balaban J connectivity index is 1.64. The Hall–Kier alpha value is -4.15. The Bertz CT molecular complexity index is 1500. The molecule has 3 aromatic rings. The van der Waals surface area contributed by atoms with Crippen molar-refractivity contribution >= 4 is 51.3 Å². The summed E-state index contributed by atoms with van der Waals surface area (Å²) in [7, 11) is -2.82. The van der Waals surface area contributed by atoms with Crippen LogP contribution in [0.25, 0.3) is 6.08 Å². The van der Waals surface area contributed by atoms with Gasteiger partial charge in [-0.15, -0.1) is 0 Å². The van der Waals surface area contributed by atoms with Crippen molar-refractivity contribution in [3.8, 4) is 11.5 Å². The van der Waals surface area contributed by atoms with Gasteiger partial charge in [-0.3, -0.25) is 14.9 Å². The third-order valence-corrected chi connectivity index (χ3v) is 6.69. The molecule has 36 heavy (non-hydrogen) atoms. The molecule has 0 radical (unpaired) electrons. The number of nitrogens with one attached hydrogen (secondary N) is 1. The minimum absolute atomic E-state index is 0.0298. The molecule has 0 bridgehead atoms.